The van der Waals surface area contributed by atoms with Crippen molar-refractivity contribution in [2.24, 2.45) is 5.84 Å². The van der Waals surface area contributed by atoms with E-state index in [1.54, 1.807) is 0 Å². The third-order valence-corrected chi connectivity index (χ3v) is 4.17. The van der Waals surface area contributed by atoms with Gasteiger partial charge in [-0.3, -0.25) is 16.2 Å². The molecule has 6 nitrogen and oxygen atoms in total. The molecule has 0 saturated carbocycles. The number of nitrogens with one attached hydrogen (secondary N) is 1. The molecule has 2 aliphatic rings. The monoisotopic (exact) mass is 291 g/mol. The van der Waals surface area contributed by atoms with Gasteiger partial charge in [-0.2, -0.15) is 0 Å². The molecule has 21 heavy (non-hydrogen) atoms. The minimum absolute atomic E-state index is 0.0434. The van der Waals surface area contributed by atoms with Gasteiger partial charge in [0.05, 0.1) is 25.3 Å². The van der Waals surface area contributed by atoms with Crippen LogP contribution in [0.1, 0.15) is 18.4 Å². The summed E-state index contributed by atoms with van der Waals surface area (Å²) >= 11 is 0. The van der Waals surface area contributed by atoms with Crippen molar-refractivity contribution in [3.8, 4) is 0 Å². The van der Waals surface area contributed by atoms with Crippen molar-refractivity contribution in [1.82, 2.24) is 10.3 Å². The molecular weight excluding hydrogens is 270 g/mol. The molecule has 0 aromatic heterocycles. The fourth-order valence-electron chi connectivity index (χ4n) is 3.14. The molecule has 0 aliphatic carbocycles. The fraction of sp³-hybridized carbons (Fsp3) is 0.533. The second-order valence-electron chi connectivity index (χ2n) is 5.63. The molecule has 2 aliphatic heterocycles. The maximum atomic E-state index is 12.4. The molecule has 2 bridgehead atoms. The number of hydrogen-bond acceptors (Lipinski definition) is 5. The van der Waals surface area contributed by atoms with Crippen molar-refractivity contribution in [2.75, 3.05) is 13.2 Å². The molecular formula is C15H21N3O3. The van der Waals surface area contributed by atoms with Crippen LogP contribution in [0.15, 0.2) is 30.3 Å². The Hall–Kier alpha value is -1.63. The molecule has 1 amide bonds. The number of morpholine rings is 1. The van der Waals surface area contributed by atoms with Crippen LogP contribution in [0.5, 0.6) is 0 Å². The van der Waals surface area contributed by atoms with Gasteiger partial charge in [0.2, 0.25) is 0 Å². The molecule has 2 unspecified atom stereocenters. The third-order valence-electron chi connectivity index (χ3n) is 4.17. The summed E-state index contributed by atoms with van der Waals surface area (Å²) in [5.74, 6) is 5.54. The molecule has 2 fully saturated rings. The summed E-state index contributed by atoms with van der Waals surface area (Å²) < 4.78 is 11.0. The minimum Gasteiger partial charge on any atom is -0.445 e. The lowest BCUT2D eigenvalue weighted by Crippen LogP contribution is -2.62. The fourth-order valence-corrected chi connectivity index (χ4v) is 3.14. The Kier molecular flexibility index (Phi) is 4.38. The van der Waals surface area contributed by atoms with Crippen LogP contribution in [0.4, 0.5) is 4.79 Å². The highest BCUT2D eigenvalue weighted by atomic mass is 16.6. The van der Waals surface area contributed by atoms with Gasteiger partial charge >= 0.3 is 6.09 Å². The Balaban J connectivity index is 1.61. The number of hydrogen-bond donors (Lipinski definition) is 2. The largest absolute Gasteiger partial charge is 0.445 e. The summed E-state index contributed by atoms with van der Waals surface area (Å²) in [5, 5.41) is 0. The molecule has 114 valence electrons. The molecule has 2 saturated heterocycles. The number of hydrazine groups is 1. The van der Waals surface area contributed by atoms with Crippen LogP contribution in [-0.4, -0.2) is 42.3 Å². The highest BCUT2D eigenvalue weighted by molar-refractivity contribution is 5.69. The van der Waals surface area contributed by atoms with E-state index in [-0.39, 0.29) is 24.2 Å². The zero-order chi connectivity index (χ0) is 14.7. The van der Waals surface area contributed by atoms with Gasteiger partial charge in [-0.15, -0.1) is 0 Å². The maximum Gasteiger partial charge on any atom is 0.410 e. The van der Waals surface area contributed by atoms with E-state index in [0.29, 0.717) is 19.8 Å². The standard InChI is InChI=1S/C15H21N3O3/c16-17-12-6-13-9-20-10-14(7-12)18(13)15(19)21-8-11-4-2-1-3-5-11/h1-5,12-14,17H,6-10,16H2. The molecule has 1 aromatic rings. The number of carbonyl (C=O) groups excluding carboxylic acids is 1. The molecule has 3 rings (SSSR count). The van der Waals surface area contributed by atoms with Gasteiger partial charge < -0.3 is 9.47 Å². The normalized spacial score (nSPS) is 28.2. The SMILES string of the molecule is NNC1CC2COCC(C1)N2C(=O)OCc1ccccc1. The van der Waals surface area contributed by atoms with Crippen LogP contribution in [0.25, 0.3) is 0 Å². The molecule has 1 aromatic carbocycles. The van der Waals surface area contributed by atoms with E-state index in [1.165, 1.54) is 0 Å². The smallest absolute Gasteiger partial charge is 0.410 e. The Morgan fingerprint density at radius 1 is 1.29 bits per heavy atom. The lowest BCUT2D eigenvalue weighted by molar-refractivity contribution is -0.0734. The summed E-state index contributed by atoms with van der Waals surface area (Å²) in [6, 6.07) is 10.0. The number of benzene rings is 1. The van der Waals surface area contributed by atoms with Crippen molar-refractivity contribution in [3.05, 3.63) is 35.9 Å². The second-order valence-corrected chi connectivity index (χ2v) is 5.63. The van der Waals surface area contributed by atoms with Crippen molar-refractivity contribution in [3.63, 3.8) is 0 Å². The molecule has 3 N–H and O–H groups in total. The van der Waals surface area contributed by atoms with Crippen LogP contribution in [0.3, 0.4) is 0 Å². The molecule has 2 heterocycles. The van der Waals surface area contributed by atoms with Crippen LogP contribution < -0.4 is 11.3 Å². The van der Waals surface area contributed by atoms with Gasteiger partial charge in [0, 0.05) is 6.04 Å². The predicted octanol–water partition coefficient (Wildman–Crippen LogP) is 1.02. The van der Waals surface area contributed by atoms with Crippen molar-refractivity contribution < 1.29 is 14.3 Å². The number of piperidine rings is 1. The number of nitrogens with zero attached hydrogens (tertiary/aromatic N) is 1. The average Bonchev–Trinajstić information content (AvgIpc) is 2.52. The van der Waals surface area contributed by atoms with Crippen LogP contribution in [0.2, 0.25) is 0 Å². The molecule has 2 atom stereocenters. The van der Waals surface area contributed by atoms with Crippen molar-refractivity contribution in [1.29, 1.82) is 0 Å². The summed E-state index contributed by atoms with van der Waals surface area (Å²) in [5.41, 5.74) is 3.81. The first-order valence-electron chi connectivity index (χ1n) is 7.31. The topological polar surface area (TPSA) is 76.8 Å². The molecule has 0 spiro atoms. The zero-order valence-electron chi connectivity index (χ0n) is 11.9. The first-order chi connectivity index (χ1) is 10.3. The minimum atomic E-state index is -0.257. The number of carbonyl (C=O) groups is 1. The third kappa shape index (κ3) is 3.18. The number of ether oxygens (including phenoxy) is 2. The summed E-state index contributed by atoms with van der Waals surface area (Å²) in [6.45, 7) is 1.40. The van der Waals surface area contributed by atoms with Gasteiger partial charge in [-0.25, -0.2) is 4.79 Å². The Labute approximate surface area is 124 Å². The highest BCUT2D eigenvalue weighted by Gasteiger charge is 2.42. The first-order valence-corrected chi connectivity index (χ1v) is 7.31. The van der Waals surface area contributed by atoms with E-state index in [9.17, 15) is 4.79 Å². The Bertz CT molecular complexity index is 468. The predicted molar refractivity (Wildman–Crippen MR) is 77.2 cm³/mol. The number of rotatable bonds is 3. The second kappa shape index (κ2) is 6.43. The van der Waals surface area contributed by atoms with E-state index in [1.807, 2.05) is 35.2 Å². The Morgan fingerprint density at radius 3 is 2.57 bits per heavy atom. The van der Waals surface area contributed by atoms with E-state index in [2.05, 4.69) is 5.43 Å². The summed E-state index contributed by atoms with van der Waals surface area (Å²) in [6.07, 6.45) is 1.34. The van der Waals surface area contributed by atoms with Gasteiger partial charge in [0.1, 0.15) is 6.61 Å². The number of nitrogens with two attached hydrogens (primary N) is 1. The lowest BCUT2D eigenvalue weighted by atomic mass is 9.91. The average molecular weight is 291 g/mol. The zero-order valence-corrected chi connectivity index (χ0v) is 11.9. The summed E-state index contributed by atoms with van der Waals surface area (Å²) in [7, 11) is 0. The van der Waals surface area contributed by atoms with E-state index in [0.717, 1.165) is 18.4 Å². The van der Waals surface area contributed by atoms with Gasteiger partial charge in [-0.1, -0.05) is 30.3 Å². The van der Waals surface area contributed by atoms with Crippen LogP contribution >= 0.6 is 0 Å². The molecule has 0 radical (unpaired) electrons. The van der Waals surface area contributed by atoms with E-state index >= 15 is 0 Å². The highest BCUT2D eigenvalue weighted by Crippen LogP contribution is 2.28. The molecule has 6 heteroatoms. The van der Waals surface area contributed by atoms with Gasteiger partial charge in [-0.05, 0) is 18.4 Å². The van der Waals surface area contributed by atoms with E-state index < -0.39 is 0 Å². The van der Waals surface area contributed by atoms with Crippen LogP contribution in [-0.2, 0) is 16.1 Å². The summed E-state index contributed by atoms with van der Waals surface area (Å²) in [4.78, 5) is 14.2. The van der Waals surface area contributed by atoms with Crippen molar-refractivity contribution in [2.45, 2.75) is 37.6 Å². The quantitative estimate of drug-likeness (QED) is 0.642. The van der Waals surface area contributed by atoms with E-state index in [4.69, 9.17) is 15.3 Å². The van der Waals surface area contributed by atoms with Gasteiger partial charge in [0.25, 0.3) is 0 Å². The number of fused-ring (bicyclic) bond motifs is 2. The van der Waals surface area contributed by atoms with Crippen LogP contribution in [0, 0.1) is 0 Å². The van der Waals surface area contributed by atoms with Gasteiger partial charge in [0.15, 0.2) is 0 Å². The first kappa shape index (κ1) is 14.3. The number of amides is 1. The maximum absolute atomic E-state index is 12.4. The lowest BCUT2D eigenvalue weighted by Gasteiger charge is -2.47. The Morgan fingerprint density at radius 2 is 1.95 bits per heavy atom. The van der Waals surface area contributed by atoms with Crippen molar-refractivity contribution >= 4 is 6.09 Å².